The average Bonchev–Trinajstić information content (AvgIpc) is 3.69. The molecule has 9 aromatic carbocycles. The molecule has 0 unspecified atom stereocenters. The second-order valence-electron chi connectivity index (χ2n) is 14.5. The lowest BCUT2D eigenvalue weighted by Crippen LogP contribution is -2.01. The smallest absolute Gasteiger partial charge is 0.164 e. The minimum Gasteiger partial charge on any atom is -0.309 e. The van der Waals surface area contributed by atoms with E-state index in [1.54, 1.807) is 0 Å². The summed E-state index contributed by atoms with van der Waals surface area (Å²) in [7, 11) is 0. The highest BCUT2D eigenvalue weighted by molar-refractivity contribution is 6.10. The number of fused-ring (bicyclic) bond motifs is 4. The molecule has 2 heterocycles. The maximum Gasteiger partial charge on any atom is 0.164 e. The lowest BCUT2D eigenvalue weighted by Gasteiger charge is -2.13. The van der Waals surface area contributed by atoms with E-state index >= 15 is 0 Å². The van der Waals surface area contributed by atoms with Crippen molar-refractivity contribution in [3.63, 3.8) is 0 Å². The van der Waals surface area contributed by atoms with Crippen LogP contribution in [0.4, 0.5) is 0 Å². The van der Waals surface area contributed by atoms with Crippen LogP contribution in [0.3, 0.4) is 0 Å². The summed E-state index contributed by atoms with van der Waals surface area (Å²) in [4.78, 5) is 15.3. The van der Waals surface area contributed by atoms with Crippen molar-refractivity contribution < 1.29 is 6.85 Å². The number of para-hydroxylation sites is 2. The quantitative estimate of drug-likeness (QED) is 0.163. The molecule has 0 atom stereocenters. The number of rotatable bonds is 7. The Labute approximate surface area is 349 Å². The Morgan fingerprint density at radius 3 is 1.53 bits per heavy atom. The van der Waals surface area contributed by atoms with E-state index in [2.05, 4.69) is 102 Å². The third-order valence-electron chi connectivity index (χ3n) is 10.9. The van der Waals surface area contributed by atoms with Gasteiger partial charge in [-0.2, -0.15) is 0 Å². The second kappa shape index (κ2) is 14.5. The minimum atomic E-state index is -0.446. The van der Waals surface area contributed by atoms with Crippen LogP contribution in [-0.4, -0.2) is 19.5 Å². The maximum absolute atomic E-state index is 8.98. The monoisotopic (exact) mass is 757 g/mol. The Bertz CT molecular complexity index is 3580. The first-order valence-electron chi connectivity index (χ1n) is 22.0. The predicted octanol–water partition coefficient (Wildman–Crippen LogP) is 14.1. The van der Waals surface area contributed by atoms with Gasteiger partial charge in [-0.25, -0.2) is 15.0 Å². The number of hydrogen-bond donors (Lipinski definition) is 0. The van der Waals surface area contributed by atoms with Gasteiger partial charge in [0.1, 0.15) is 0 Å². The number of hydrogen-bond acceptors (Lipinski definition) is 3. The average molecular weight is 758 g/mol. The van der Waals surface area contributed by atoms with Gasteiger partial charge in [0.25, 0.3) is 0 Å². The molecule has 4 heteroatoms. The van der Waals surface area contributed by atoms with Gasteiger partial charge in [0.2, 0.25) is 0 Å². The lowest BCUT2D eigenvalue weighted by atomic mass is 9.94. The third-order valence-corrected chi connectivity index (χ3v) is 10.9. The van der Waals surface area contributed by atoms with E-state index in [0.29, 0.717) is 28.6 Å². The van der Waals surface area contributed by atoms with E-state index in [0.717, 1.165) is 71.6 Å². The summed E-state index contributed by atoms with van der Waals surface area (Å²) < 4.78 is 45.7. The Morgan fingerprint density at radius 2 is 0.831 bits per heavy atom. The first kappa shape index (κ1) is 29.3. The standard InChI is InChI=1S/C55H36N4/c1-5-15-37(16-6-1)40-25-26-42-32-43(28-27-41(42)31-40)46-33-45(38-17-7-2-8-18-38)34-47(35-46)55-57-53(39-19-9-3-10-20-39)56-54(58-55)44-29-30-52-50(36-44)49-23-13-14-24-51(49)59(52)48-21-11-4-12-22-48/h1-36H/i2D,7D,8D,17D,18D. The molecule has 0 radical (unpaired) electrons. The van der Waals surface area contributed by atoms with Crippen LogP contribution >= 0.6 is 0 Å². The topological polar surface area (TPSA) is 43.6 Å². The fraction of sp³-hybridized carbons (Fsp3) is 0. The van der Waals surface area contributed by atoms with Crippen molar-refractivity contribution in [2.75, 3.05) is 0 Å². The largest absolute Gasteiger partial charge is 0.309 e. The molecule has 59 heavy (non-hydrogen) atoms. The van der Waals surface area contributed by atoms with Gasteiger partial charge < -0.3 is 4.57 Å². The van der Waals surface area contributed by atoms with E-state index in [1.165, 1.54) is 0 Å². The van der Waals surface area contributed by atoms with Gasteiger partial charge in [0, 0.05) is 33.2 Å². The summed E-state index contributed by atoms with van der Waals surface area (Å²) in [6.45, 7) is 0. The fourth-order valence-corrected chi connectivity index (χ4v) is 8.02. The normalized spacial score (nSPS) is 12.6. The molecule has 276 valence electrons. The van der Waals surface area contributed by atoms with Crippen molar-refractivity contribution in [2.24, 2.45) is 0 Å². The van der Waals surface area contributed by atoms with Crippen molar-refractivity contribution in [3.8, 4) is 73.2 Å². The van der Waals surface area contributed by atoms with Crippen LogP contribution in [0.15, 0.2) is 218 Å². The van der Waals surface area contributed by atoms with Crippen LogP contribution in [0.5, 0.6) is 0 Å². The van der Waals surface area contributed by atoms with Crippen LogP contribution in [-0.2, 0) is 0 Å². The van der Waals surface area contributed by atoms with Crippen LogP contribution < -0.4 is 0 Å². The number of benzene rings is 9. The van der Waals surface area contributed by atoms with Crippen LogP contribution in [0.2, 0.25) is 0 Å². The Kier molecular flexibility index (Phi) is 7.22. The van der Waals surface area contributed by atoms with Gasteiger partial charge in [-0.1, -0.05) is 152 Å². The second-order valence-corrected chi connectivity index (χ2v) is 14.5. The van der Waals surface area contributed by atoms with Crippen molar-refractivity contribution in [2.45, 2.75) is 0 Å². The van der Waals surface area contributed by atoms with Gasteiger partial charge in [0.15, 0.2) is 17.5 Å². The summed E-state index contributed by atoms with van der Waals surface area (Å²) in [5, 5.41) is 4.26. The van der Waals surface area contributed by atoms with Crippen molar-refractivity contribution in [3.05, 3.63) is 218 Å². The first-order valence-corrected chi connectivity index (χ1v) is 19.5. The molecular formula is C55H36N4. The van der Waals surface area contributed by atoms with Crippen LogP contribution in [0, 0.1) is 0 Å². The Morgan fingerprint density at radius 1 is 0.322 bits per heavy atom. The maximum atomic E-state index is 8.98. The summed E-state index contributed by atoms with van der Waals surface area (Å²) in [5.74, 6) is 1.32. The van der Waals surface area contributed by atoms with Gasteiger partial charge in [-0.05, 0) is 111 Å². The van der Waals surface area contributed by atoms with Gasteiger partial charge in [0.05, 0.1) is 17.9 Å². The van der Waals surface area contributed by atoms with E-state index in [4.69, 9.17) is 21.8 Å². The molecule has 0 N–H and O–H groups in total. The third kappa shape index (κ3) is 6.43. The molecule has 0 amide bonds. The predicted molar refractivity (Wildman–Crippen MR) is 244 cm³/mol. The number of aromatic nitrogens is 4. The molecule has 11 rings (SSSR count). The Balaban J connectivity index is 1.12. The Hall–Kier alpha value is -7.95. The molecule has 4 nitrogen and oxygen atoms in total. The summed E-state index contributed by atoms with van der Waals surface area (Å²) in [6.07, 6.45) is 0. The fourth-order valence-electron chi connectivity index (χ4n) is 8.02. The summed E-state index contributed by atoms with van der Waals surface area (Å²) in [5.41, 5.74) is 9.86. The molecule has 0 spiro atoms. The summed E-state index contributed by atoms with van der Waals surface area (Å²) >= 11 is 0. The van der Waals surface area contributed by atoms with E-state index in [-0.39, 0.29) is 17.6 Å². The highest BCUT2D eigenvalue weighted by atomic mass is 15.0. The SMILES string of the molecule is [2H]c1c([2H])c([2H])c(-c2cc(-c3ccc4cc(-c5ccccc5)ccc4c3)cc(-c3nc(-c4ccccc4)nc(-c4ccc5c(c4)c4ccccc4n5-c4ccccc4)n3)c2)c([2H])c1[2H]. The summed E-state index contributed by atoms with van der Waals surface area (Å²) in [6, 6.07) is 61.6. The zero-order valence-corrected chi connectivity index (χ0v) is 31.7. The molecular weight excluding hydrogens is 717 g/mol. The van der Waals surface area contributed by atoms with Crippen molar-refractivity contribution >= 4 is 32.6 Å². The molecule has 0 fully saturated rings. The molecule has 0 aliphatic rings. The van der Waals surface area contributed by atoms with E-state index in [9.17, 15) is 0 Å². The van der Waals surface area contributed by atoms with Crippen LogP contribution in [0.25, 0.3) is 106 Å². The van der Waals surface area contributed by atoms with E-state index in [1.807, 2.05) is 91.0 Å². The molecule has 11 aromatic rings. The van der Waals surface area contributed by atoms with E-state index < -0.39 is 18.1 Å². The lowest BCUT2D eigenvalue weighted by molar-refractivity contribution is 1.07. The van der Waals surface area contributed by atoms with Crippen molar-refractivity contribution in [1.82, 2.24) is 19.5 Å². The van der Waals surface area contributed by atoms with Gasteiger partial charge >= 0.3 is 0 Å². The number of nitrogens with zero attached hydrogens (tertiary/aromatic N) is 4. The molecule has 0 aliphatic carbocycles. The zero-order valence-electron chi connectivity index (χ0n) is 36.7. The van der Waals surface area contributed by atoms with Gasteiger partial charge in [-0.15, -0.1) is 0 Å². The highest BCUT2D eigenvalue weighted by Gasteiger charge is 2.18. The molecule has 0 saturated heterocycles. The molecule has 0 aliphatic heterocycles. The van der Waals surface area contributed by atoms with Crippen molar-refractivity contribution in [1.29, 1.82) is 0 Å². The van der Waals surface area contributed by atoms with Crippen LogP contribution in [0.1, 0.15) is 6.85 Å². The highest BCUT2D eigenvalue weighted by Crippen LogP contribution is 2.37. The minimum absolute atomic E-state index is 0.0974. The van der Waals surface area contributed by atoms with Gasteiger partial charge in [-0.3, -0.25) is 0 Å². The molecule has 0 saturated carbocycles. The molecule has 2 aromatic heterocycles. The first-order chi connectivity index (χ1) is 31.3. The molecule has 0 bridgehead atoms. The zero-order chi connectivity index (χ0) is 43.5.